The molecule has 1 radical (unpaired) electrons. The number of rotatable bonds is 4. The van der Waals surface area contributed by atoms with Gasteiger partial charge in [0.15, 0.2) is 0 Å². The van der Waals surface area contributed by atoms with Crippen LogP contribution < -0.4 is 5.19 Å². The molecule has 0 saturated carbocycles. The molecule has 0 N–H and O–H groups in total. The molecule has 0 aliphatic rings. The Morgan fingerprint density at radius 1 is 0.882 bits per heavy atom. The monoisotopic (exact) mass is 241 g/mol. The predicted molar refractivity (Wildman–Crippen MR) is 73.6 cm³/mol. The summed E-state index contributed by atoms with van der Waals surface area (Å²) in [5, 5.41) is 1.32. The van der Waals surface area contributed by atoms with E-state index in [1.807, 2.05) is 12.1 Å². The molecule has 2 aromatic rings. The average molecular weight is 241 g/mol. The van der Waals surface area contributed by atoms with E-state index in [2.05, 4.69) is 62.0 Å². The molecule has 0 aliphatic heterocycles. The second-order valence-corrected chi connectivity index (χ2v) is 6.02. The zero-order valence-corrected chi connectivity index (χ0v) is 11.3. The van der Waals surface area contributed by atoms with E-state index in [0.29, 0.717) is 0 Å². The number of hydrogen-bond acceptors (Lipinski definition) is 1. The van der Waals surface area contributed by atoms with Gasteiger partial charge in [0.25, 0.3) is 0 Å². The second kappa shape index (κ2) is 5.80. The Hall–Kier alpha value is -1.38. The first-order valence-electron chi connectivity index (χ1n) is 5.88. The Balaban J connectivity index is 2.02. The predicted octanol–water partition coefficient (Wildman–Crippen LogP) is 3.29. The van der Waals surface area contributed by atoms with Crippen molar-refractivity contribution >= 4 is 14.2 Å². The minimum atomic E-state index is -0.913. The SMILES string of the molecule is CC(O[Si](C)c1ccccc1)c1ccccc1. The largest absolute Gasteiger partial charge is 0.405 e. The van der Waals surface area contributed by atoms with Gasteiger partial charge in [-0.1, -0.05) is 60.7 Å². The van der Waals surface area contributed by atoms with E-state index in [1.54, 1.807) is 0 Å². The summed E-state index contributed by atoms with van der Waals surface area (Å²) in [4.78, 5) is 0. The maximum absolute atomic E-state index is 6.12. The highest BCUT2D eigenvalue weighted by atomic mass is 28.3. The maximum Gasteiger partial charge on any atom is 0.244 e. The van der Waals surface area contributed by atoms with Gasteiger partial charge in [-0.15, -0.1) is 0 Å². The van der Waals surface area contributed by atoms with Gasteiger partial charge in [0.05, 0.1) is 6.10 Å². The molecule has 2 aromatic carbocycles. The van der Waals surface area contributed by atoms with Gasteiger partial charge < -0.3 is 4.43 Å². The van der Waals surface area contributed by atoms with Crippen molar-refractivity contribution in [1.82, 2.24) is 0 Å². The van der Waals surface area contributed by atoms with E-state index < -0.39 is 9.04 Å². The van der Waals surface area contributed by atoms with Gasteiger partial charge in [0, 0.05) is 0 Å². The third-order valence-corrected chi connectivity index (χ3v) is 4.66. The summed E-state index contributed by atoms with van der Waals surface area (Å²) in [5.41, 5.74) is 1.24. The van der Waals surface area contributed by atoms with Crippen LogP contribution >= 0.6 is 0 Å². The van der Waals surface area contributed by atoms with Crippen LogP contribution in [0.2, 0.25) is 6.55 Å². The molecular weight excluding hydrogens is 224 g/mol. The Bertz CT molecular complexity index is 397. The van der Waals surface area contributed by atoms with Gasteiger partial charge in [-0.2, -0.15) is 0 Å². The summed E-state index contributed by atoms with van der Waals surface area (Å²) in [6.45, 7) is 4.31. The first-order chi connectivity index (χ1) is 8.27. The van der Waals surface area contributed by atoms with Crippen molar-refractivity contribution in [2.45, 2.75) is 19.6 Å². The summed E-state index contributed by atoms with van der Waals surface area (Å²) < 4.78 is 6.12. The van der Waals surface area contributed by atoms with Crippen LogP contribution in [0, 0.1) is 0 Å². The molecule has 2 rings (SSSR count). The average Bonchev–Trinajstić information content (AvgIpc) is 2.40. The van der Waals surface area contributed by atoms with E-state index in [9.17, 15) is 0 Å². The van der Waals surface area contributed by atoms with Crippen LogP contribution in [-0.2, 0) is 4.43 Å². The quantitative estimate of drug-likeness (QED) is 0.746. The lowest BCUT2D eigenvalue weighted by atomic mass is 10.1. The molecule has 0 bridgehead atoms. The lowest BCUT2D eigenvalue weighted by Gasteiger charge is -2.18. The Morgan fingerprint density at radius 2 is 1.41 bits per heavy atom. The molecule has 1 unspecified atom stereocenters. The van der Waals surface area contributed by atoms with Crippen LogP contribution in [0.3, 0.4) is 0 Å². The fraction of sp³-hybridized carbons (Fsp3) is 0.200. The third kappa shape index (κ3) is 3.28. The van der Waals surface area contributed by atoms with E-state index in [4.69, 9.17) is 4.43 Å². The zero-order chi connectivity index (χ0) is 12.1. The molecule has 0 spiro atoms. The van der Waals surface area contributed by atoms with E-state index in [-0.39, 0.29) is 6.10 Å². The summed E-state index contributed by atoms with van der Waals surface area (Å²) in [5.74, 6) is 0. The summed E-state index contributed by atoms with van der Waals surface area (Å²) in [6, 6.07) is 20.8. The van der Waals surface area contributed by atoms with Crippen LogP contribution in [0.4, 0.5) is 0 Å². The molecule has 87 valence electrons. The first kappa shape index (κ1) is 12.1. The van der Waals surface area contributed by atoms with Crippen molar-refractivity contribution in [1.29, 1.82) is 0 Å². The fourth-order valence-corrected chi connectivity index (χ4v) is 3.26. The Morgan fingerprint density at radius 3 is 2.00 bits per heavy atom. The molecule has 0 aromatic heterocycles. The van der Waals surface area contributed by atoms with Crippen molar-refractivity contribution in [3.05, 3.63) is 66.2 Å². The van der Waals surface area contributed by atoms with Gasteiger partial charge in [-0.05, 0) is 24.2 Å². The third-order valence-electron chi connectivity index (χ3n) is 2.80. The molecule has 0 aliphatic carbocycles. The molecule has 1 atom stereocenters. The van der Waals surface area contributed by atoms with E-state index in [0.717, 1.165) is 0 Å². The summed E-state index contributed by atoms with van der Waals surface area (Å²) >= 11 is 0. The molecule has 0 fully saturated rings. The number of hydrogen-bond donors (Lipinski definition) is 0. The smallest absolute Gasteiger partial charge is 0.244 e. The zero-order valence-electron chi connectivity index (χ0n) is 10.3. The van der Waals surface area contributed by atoms with Gasteiger partial charge in [0.2, 0.25) is 9.04 Å². The van der Waals surface area contributed by atoms with Crippen LogP contribution in [0.25, 0.3) is 0 Å². The molecule has 0 saturated heterocycles. The van der Waals surface area contributed by atoms with Gasteiger partial charge in [-0.3, -0.25) is 0 Å². The maximum atomic E-state index is 6.12. The highest BCUT2D eigenvalue weighted by Crippen LogP contribution is 2.16. The van der Waals surface area contributed by atoms with Gasteiger partial charge in [-0.25, -0.2) is 0 Å². The standard InChI is InChI=1S/C15H17OSi/c1-13(14-9-5-3-6-10-14)16-17(2)15-11-7-4-8-12-15/h3-13H,1-2H3. The van der Waals surface area contributed by atoms with E-state index in [1.165, 1.54) is 10.8 Å². The molecule has 0 heterocycles. The van der Waals surface area contributed by atoms with Crippen molar-refractivity contribution in [2.75, 3.05) is 0 Å². The normalized spacial score (nSPS) is 12.6. The van der Waals surface area contributed by atoms with Gasteiger partial charge >= 0.3 is 0 Å². The van der Waals surface area contributed by atoms with Crippen molar-refractivity contribution < 1.29 is 4.43 Å². The van der Waals surface area contributed by atoms with Gasteiger partial charge in [0.1, 0.15) is 0 Å². The van der Waals surface area contributed by atoms with Crippen molar-refractivity contribution in [3.63, 3.8) is 0 Å². The summed E-state index contributed by atoms with van der Waals surface area (Å²) in [6.07, 6.45) is 0.162. The van der Waals surface area contributed by atoms with Crippen LogP contribution in [0.1, 0.15) is 18.6 Å². The lowest BCUT2D eigenvalue weighted by molar-refractivity contribution is 0.234. The number of benzene rings is 2. The fourth-order valence-electron chi connectivity index (χ4n) is 1.80. The first-order valence-corrected chi connectivity index (χ1v) is 7.79. The second-order valence-electron chi connectivity index (χ2n) is 4.09. The lowest BCUT2D eigenvalue weighted by Crippen LogP contribution is -2.30. The molecule has 1 nitrogen and oxygen atoms in total. The van der Waals surface area contributed by atoms with Crippen LogP contribution in [0.15, 0.2) is 60.7 Å². The molecule has 0 amide bonds. The Kier molecular flexibility index (Phi) is 4.12. The van der Waals surface area contributed by atoms with Crippen LogP contribution in [0.5, 0.6) is 0 Å². The molecule has 17 heavy (non-hydrogen) atoms. The van der Waals surface area contributed by atoms with Crippen molar-refractivity contribution in [2.24, 2.45) is 0 Å². The highest BCUT2D eigenvalue weighted by Gasteiger charge is 2.14. The van der Waals surface area contributed by atoms with Crippen LogP contribution in [-0.4, -0.2) is 9.04 Å². The van der Waals surface area contributed by atoms with Crippen molar-refractivity contribution in [3.8, 4) is 0 Å². The highest BCUT2D eigenvalue weighted by molar-refractivity contribution is 6.66. The Labute approximate surface area is 105 Å². The molecular formula is C15H17OSi. The topological polar surface area (TPSA) is 9.23 Å². The minimum absolute atomic E-state index is 0.162. The summed E-state index contributed by atoms with van der Waals surface area (Å²) in [7, 11) is -0.913. The van der Waals surface area contributed by atoms with E-state index >= 15 is 0 Å². The molecule has 2 heteroatoms. The minimum Gasteiger partial charge on any atom is -0.405 e.